The molecule has 1 aromatic carbocycles. The maximum Gasteiger partial charge on any atom is 0.357 e. The largest absolute Gasteiger partial charge is 0.466 e. The zero-order chi connectivity index (χ0) is 23.0. The first-order chi connectivity index (χ1) is 15.5. The van der Waals surface area contributed by atoms with Crippen LogP contribution in [0.2, 0.25) is 0 Å². The van der Waals surface area contributed by atoms with Crippen molar-refractivity contribution in [3.63, 3.8) is 0 Å². The smallest absolute Gasteiger partial charge is 0.357 e. The first-order valence-corrected chi connectivity index (χ1v) is 10.3. The van der Waals surface area contributed by atoms with Gasteiger partial charge in [-0.3, -0.25) is 9.69 Å². The van der Waals surface area contributed by atoms with E-state index >= 15 is 0 Å². The molecule has 4 rings (SSSR count). The van der Waals surface area contributed by atoms with E-state index in [1.54, 1.807) is 17.1 Å². The molecule has 0 radical (unpaired) electrons. The highest BCUT2D eigenvalue weighted by molar-refractivity contribution is 6.15. The van der Waals surface area contributed by atoms with Crippen molar-refractivity contribution in [1.82, 2.24) is 4.90 Å². The van der Waals surface area contributed by atoms with Gasteiger partial charge in [-0.25, -0.2) is 14.6 Å². The maximum atomic E-state index is 13.1. The fraction of sp³-hybridized carbons (Fsp3) is 0.333. The summed E-state index contributed by atoms with van der Waals surface area (Å²) in [6.45, 7) is 8.31. The summed E-state index contributed by atoms with van der Waals surface area (Å²) in [5, 5.41) is 0. The van der Waals surface area contributed by atoms with Gasteiger partial charge in [0.25, 0.3) is 0 Å². The molecule has 2 atom stereocenters. The summed E-state index contributed by atoms with van der Waals surface area (Å²) in [4.78, 5) is 47.0. The van der Waals surface area contributed by atoms with Gasteiger partial charge in [0, 0.05) is 25.2 Å². The number of amidine groups is 1. The Morgan fingerprint density at radius 2 is 1.84 bits per heavy atom. The molecule has 0 aliphatic carbocycles. The van der Waals surface area contributed by atoms with E-state index in [1.165, 1.54) is 14.2 Å². The predicted octanol–water partition coefficient (Wildman–Crippen LogP) is 2.12. The van der Waals surface area contributed by atoms with Crippen molar-refractivity contribution in [2.75, 3.05) is 32.2 Å². The van der Waals surface area contributed by atoms with E-state index in [2.05, 4.69) is 18.2 Å². The molecular weight excluding hydrogens is 410 g/mol. The SMILES string of the molecule is C=CCN1C(=O)CCC23C1=NC(C(=O)OC)=C(C(=O)OC)C2N(CC=C)c1ccccc13. The number of carbonyl (C=O) groups excluding carboxylic acids is 3. The molecule has 1 amide bonds. The zero-order valence-electron chi connectivity index (χ0n) is 18.2. The molecule has 1 saturated heterocycles. The maximum absolute atomic E-state index is 13.1. The van der Waals surface area contributed by atoms with E-state index in [4.69, 9.17) is 9.47 Å². The molecule has 0 aromatic heterocycles. The van der Waals surface area contributed by atoms with Gasteiger partial charge in [0.1, 0.15) is 5.84 Å². The molecule has 32 heavy (non-hydrogen) atoms. The van der Waals surface area contributed by atoms with Gasteiger partial charge in [-0.1, -0.05) is 30.4 Å². The van der Waals surface area contributed by atoms with Gasteiger partial charge < -0.3 is 14.4 Å². The Hall–Kier alpha value is -3.68. The number of methoxy groups -OCH3 is 2. The third kappa shape index (κ3) is 2.82. The lowest BCUT2D eigenvalue weighted by atomic mass is 9.65. The second-order valence-electron chi connectivity index (χ2n) is 7.81. The van der Waals surface area contributed by atoms with Crippen LogP contribution in [0.5, 0.6) is 0 Å². The van der Waals surface area contributed by atoms with Crippen LogP contribution in [-0.4, -0.2) is 61.9 Å². The normalized spacial score (nSPS) is 23.6. The van der Waals surface area contributed by atoms with E-state index in [0.717, 1.165) is 11.3 Å². The molecule has 1 fully saturated rings. The molecule has 3 aliphatic rings. The van der Waals surface area contributed by atoms with Crippen LogP contribution in [0.25, 0.3) is 0 Å². The fourth-order valence-corrected chi connectivity index (χ4v) is 5.17. The van der Waals surface area contributed by atoms with Crippen molar-refractivity contribution in [1.29, 1.82) is 0 Å². The van der Waals surface area contributed by atoms with Crippen molar-refractivity contribution in [3.8, 4) is 0 Å². The van der Waals surface area contributed by atoms with Crippen molar-refractivity contribution >= 4 is 29.4 Å². The van der Waals surface area contributed by atoms with Crippen LogP contribution in [0, 0.1) is 0 Å². The molecule has 8 heteroatoms. The highest BCUT2D eigenvalue weighted by Gasteiger charge is 2.62. The molecule has 8 nitrogen and oxygen atoms in total. The fourth-order valence-electron chi connectivity index (χ4n) is 5.17. The Labute approximate surface area is 186 Å². The molecular formula is C24H25N3O5. The summed E-state index contributed by atoms with van der Waals surface area (Å²) in [7, 11) is 2.50. The van der Waals surface area contributed by atoms with Crippen molar-refractivity contribution in [2.45, 2.75) is 24.3 Å². The van der Waals surface area contributed by atoms with Crippen LogP contribution in [0.1, 0.15) is 18.4 Å². The summed E-state index contributed by atoms with van der Waals surface area (Å²) in [6, 6.07) is 7.17. The van der Waals surface area contributed by atoms with Crippen molar-refractivity contribution in [3.05, 3.63) is 66.4 Å². The van der Waals surface area contributed by atoms with E-state index in [1.807, 2.05) is 29.2 Å². The molecule has 1 aromatic rings. The summed E-state index contributed by atoms with van der Waals surface area (Å²) in [6.07, 6.45) is 4.06. The number of para-hydroxylation sites is 1. The number of rotatable bonds is 6. The minimum absolute atomic E-state index is 0.113. The molecule has 0 bridgehead atoms. The Kier molecular flexibility index (Phi) is 5.46. The average Bonchev–Trinajstić information content (AvgIpc) is 3.09. The van der Waals surface area contributed by atoms with E-state index < -0.39 is 23.4 Å². The molecule has 3 heterocycles. The zero-order valence-corrected chi connectivity index (χ0v) is 18.2. The average molecular weight is 435 g/mol. The number of nitrogens with zero attached hydrogens (tertiary/aromatic N) is 3. The number of carbonyl (C=O) groups is 3. The highest BCUT2D eigenvalue weighted by Crippen LogP contribution is 2.55. The van der Waals surface area contributed by atoms with Crippen LogP contribution in [0.15, 0.2) is 65.8 Å². The Bertz CT molecular complexity index is 1090. The first-order valence-electron chi connectivity index (χ1n) is 10.3. The molecule has 0 saturated carbocycles. The number of hydrogen-bond acceptors (Lipinski definition) is 7. The Morgan fingerprint density at radius 3 is 2.50 bits per heavy atom. The van der Waals surface area contributed by atoms with Gasteiger partial charge in [0.05, 0.1) is 31.2 Å². The molecule has 0 N–H and O–H groups in total. The number of fused-ring (bicyclic) bond motifs is 1. The van der Waals surface area contributed by atoms with Crippen LogP contribution in [0.4, 0.5) is 5.69 Å². The lowest BCUT2D eigenvalue weighted by molar-refractivity contribution is -0.140. The summed E-state index contributed by atoms with van der Waals surface area (Å²) in [5.74, 6) is -1.12. The number of ether oxygens (including phenoxy) is 2. The number of piperidine rings is 1. The lowest BCUT2D eigenvalue weighted by Gasteiger charge is -2.48. The number of esters is 2. The number of likely N-dealkylation sites (tertiary alicyclic amines) is 1. The Balaban J connectivity index is 2.11. The standard InChI is InChI=1S/C24H25N3O5/c1-5-13-26-16-10-8-7-9-15(16)24-12-11-17(28)27(14-6-2)23(24)25-19(22(30)32-4)18(20(24)26)21(29)31-3/h5-10,20H,1-2,11-14H2,3-4H3. The minimum Gasteiger partial charge on any atom is -0.466 e. The van der Waals surface area contributed by atoms with Crippen LogP contribution >= 0.6 is 0 Å². The van der Waals surface area contributed by atoms with Crippen LogP contribution in [-0.2, 0) is 29.3 Å². The minimum atomic E-state index is -0.822. The van der Waals surface area contributed by atoms with Crippen molar-refractivity contribution in [2.24, 2.45) is 4.99 Å². The van der Waals surface area contributed by atoms with Gasteiger partial charge in [0.15, 0.2) is 5.70 Å². The van der Waals surface area contributed by atoms with E-state index in [0.29, 0.717) is 18.8 Å². The van der Waals surface area contributed by atoms with Gasteiger partial charge in [0.2, 0.25) is 5.91 Å². The number of amides is 1. The topological polar surface area (TPSA) is 88.5 Å². The number of hydrogen-bond donors (Lipinski definition) is 0. The number of aliphatic imine (C=N–C) groups is 1. The highest BCUT2D eigenvalue weighted by atomic mass is 16.5. The Morgan fingerprint density at radius 1 is 1.16 bits per heavy atom. The predicted molar refractivity (Wildman–Crippen MR) is 119 cm³/mol. The summed E-state index contributed by atoms with van der Waals surface area (Å²) < 4.78 is 10.1. The van der Waals surface area contributed by atoms with Gasteiger partial charge in [-0.2, -0.15) is 0 Å². The molecule has 166 valence electrons. The second kappa shape index (κ2) is 8.11. The van der Waals surface area contributed by atoms with Crippen LogP contribution in [0.3, 0.4) is 0 Å². The summed E-state index contributed by atoms with van der Waals surface area (Å²) >= 11 is 0. The molecule has 1 spiro atoms. The van der Waals surface area contributed by atoms with Crippen molar-refractivity contribution < 1.29 is 23.9 Å². The van der Waals surface area contributed by atoms with E-state index in [-0.39, 0.29) is 30.1 Å². The number of anilines is 1. The number of benzene rings is 1. The van der Waals surface area contributed by atoms with Gasteiger partial charge in [-0.05, 0) is 18.1 Å². The monoisotopic (exact) mass is 435 g/mol. The van der Waals surface area contributed by atoms with E-state index in [9.17, 15) is 14.4 Å². The van der Waals surface area contributed by atoms with Gasteiger partial charge in [-0.15, -0.1) is 13.2 Å². The third-order valence-electron chi connectivity index (χ3n) is 6.33. The van der Waals surface area contributed by atoms with Crippen LogP contribution < -0.4 is 4.90 Å². The van der Waals surface area contributed by atoms with Gasteiger partial charge >= 0.3 is 11.9 Å². The lowest BCUT2D eigenvalue weighted by Crippen LogP contribution is -2.63. The molecule has 3 aliphatic heterocycles. The third-order valence-corrected chi connectivity index (χ3v) is 6.33. The summed E-state index contributed by atoms with van der Waals surface area (Å²) in [5.41, 5.74) is 0.982. The first kappa shape index (κ1) is 21.5. The second-order valence-corrected chi connectivity index (χ2v) is 7.81. The quantitative estimate of drug-likeness (QED) is 0.502. The molecule has 2 unspecified atom stereocenters.